The van der Waals surface area contributed by atoms with Gasteiger partial charge in [-0.1, -0.05) is 19.1 Å². The van der Waals surface area contributed by atoms with E-state index in [1.165, 1.54) is 12.8 Å². The molecule has 0 saturated heterocycles. The molecule has 0 atom stereocenters. The highest BCUT2D eigenvalue weighted by atomic mass is 16.2. The molecule has 1 aromatic carbocycles. The van der Waals surface area contributed by atoms with Crippen LogP contribution in [0.25, 0.3) is 17.1 Å². The number of aromatic nitrogens is 2. The van der Waals surface area contributed by atoms with Crippen molar-refractivity contribution in [3.05, 3.63) is 42.2 Å². The number of para-hydroxylation sites is 2. The van der Waals surface area contributed by atoms with Crippen molar-refractivity contribution in [1.29, 1.82) is 0 Å². The first-order valence-electron chi connectivity index (χ1n) is 7.95. The smallest absolute Gasteiger partial charge is 0.246 e. The summed E-state index contributed by atoms with van der Waals surface area (Å²) in [4.78, 5) is 23.1. The van der Waals surface area contributed by atoms with E-state index < -0.39 is 0 Å². The van der Waals surface area contributed by atoms with Gasteiger partial charge >= 0.3 is 0 Å². The number of nitrogens with zero attached hydrogens (tertiary/aromatic N) is 3. The summed E-state index contributed by atoms with van der Waals surface area (Å²) < 4.78 is 0. The molecule has 0 unspecified atom stereocenters. The van der Waals surface area contributed by atoms with Crippen molar-refractivity contribution in [2.75, 3.05) is 13.1 Å². The number of fused-ring (bicyclic) bond motifs is 1. The highest BCUT2D eigenvalue weighted by Gasteiger charge is 2.25. The van der Waals surface area contributed by atoms with E-state index in [4.69, 9.17) is 0 Å². The lowest BCUT2D eigenvalue weighted by Gasteiger charge is -2.20. The average molecular weight is 295 g/mol. The molecule has 1 amide bonds. The summed E-state index contributed by atoms with van der Waals surface area (Å²) in [6, 6.07) is 7.74. The second-order valence-corrected chi connectivity index (χ2v) is 5.84. The van der Waals surface area contributed by atoms with Crippen LogP contribution >= 0.6 is 0 Å². The van der Waals surface area contributed by atoms with Crippen LogP contribution in [0.5, 0.6) is 0 Å². The van der Waals surface area contributed by atoms with Gasteiger partial charge in [0.1, 0.15) is 0 Å². The fourth-order valence-corrected chi connectivity index (χ4v) is 2.49. The minimum Gasteiger partial charge on any atom is -0.339 e. The van der Waals surface area contributed by atoms with Crippen LogP contribution in [0.1, 0.15) is 31.9 Å². The van der Waals surface area contributed by atoms with Crippen molar-refractivity contribution in [2.45, 2.75) is 26.2 Å². The van der Waals surface area contributed by atoms with E-state index in [-0.39, 0.29) is 5.91 Å². The lowest BCUT2D eigenvalue weighted by Crippen LogP contribution is -2.32. The molecule has 0 radical (unpaired) electrons. The Bertz CT molecular complexity index is 692. The summed E-state index contributed by atoms with van der Waals surface area (Å²) in [5, 5.41) is 0. The Morgan fingerprint density at radius 1 is 1.32 bits per heavy atom. The van der Waals surface area contributed by atoms with Gasteiger partial charge in [-0.25, -0.2) is 4.98 Å². The molecule has 0 bridgehead atoms. The molecule has 22 heavy (non-hydrogen) atoms. The van der Waals surface area contributed by atoms with Crippen molar-refractivity contribution in [3.63, 3.8) is 0 Å². The van der Waals surface area contributed by atoms with Gasteiger partial charge in [0.2, 0.25) is 5.91 Å². The van der Waals surface area contributed by atoms with E-state index in [1.54, 1.807) is 18.3 Å². The topological polar surface area (TPSA) is 46.1 Å². The number of carbonyl (C=O) groups is 1. The Morgan fingerprint density at radius 3 is 2.82 bits per heavy atom. The lowest BCUT2D eigenvalue weighted by molar-refractivity contribution is -0.126. The van der Waals surface area contributed by atoms with Gasteiger partial charge in [-0.05, 0) is 43.4 Å². The quantitative estimate of drug-likeness (QED) is 0.768. The van der Waals surface area contributed by atoms with Crippen LogP contribution in [0.3, 0.4) is 0 Å². The molecule has 0 aliphatic heterocycles. The van der Waals surface area contributed by atoms with Crippen molar-refractivity contribution in [2.24, 2.45) is 5.92 Å². The minimum atomic E-state index is 0.0729. The highest BCUT2D eigenvalue weighted by Crippen LogP contribution is 2.29. The fraction of sp³-hybridized carbons (Fsp3) is 0.389. The zero-order chi connectivity index (χ0) is 15.4. The van der Waals surface area contributed by atoms with Gasteiger partial charge in [0, 0.05) is 19.2 Å². The van der Waals surface area contributed by atoms with Gasteiger partial charge in [-0.15, -0.1) is 0 Å². The molecule has 1 aromatic heterocycles. The maximum Gasteiger partial charge on any atom is 0.246 e. The van der Waals surface area contributed by atoms with Crippen LogP contribution in [0.2, 0.25) is 0 Å². The summed E-state index contributed by atoms with van der Waals surface area (Å²) in [5.74, 6) is 0.785. The van der Waals surface area contributed by atoms with Crippen LogP contribution in [-0.4, -0.2) is 33.9 Å². The van der Waals surface area contributed by atoms with Gasteiger partial charge in [0.25, 0.3) is 0 Å². The first-order valence-corrected chi connectivity index (χ1v) is 7.95. The SMILES string of the molecule is CCCN(CC1CC1)C(=O)/C=C/c1cnc2ccccc2n1. The summed E-state index contributed by atoms with van der Waals surface area (Å²) in [6.07, 6.45) is 8.59. The molecule has 1 fully saturated rings. The van der Waals surface area contributed by atoms with Crippen LogP contribution in [0.4, 0.5) is 0 Å². The maximum atomic E-state index is 12.3. The number of amides is 1. The molecule has 4 nitrogen and oxygen atoms in total. The largest absolute Gasteiger partial charge is 0.339 e. The molecular weight excluding hydrogens is 274 g/mol. The van der Waals surface area contributed by atoms with Gasteiger partial charge in [-0.3, -0.25) is 9.78 Å². The highest BCUT2D eigenvalue weighted by molar-refractivity contribution is 5.91. The van der Waals surface area contributed by atoms with E-state index >= 15 is 0 Å². The molecule has 1 heterocycles. The lowest BCUT2D eigenvalue weighted by atomic mass is 10.2. The van der Waals surface area contributed by atoms with Crippen LogP contribution < -0.4 is 0 Å². The third-order valence-electron chi connectivity index (χ3n) is 3.84. The Labute approximate surface area is 130 Å². The van der Waals surface area contributed by atoms with Crippen LogP contribution in [0, 0.1) is 5.92 Å². The number of hydrogen-bond donors (Lipinski definition) is 0. The fourth-order valence-electron chi connectivity index (χ4n) is 2.49. The zero-order valence-corrected chi connectivity index (χ0v) is 12.9. The van der Waals surface area contributed by atoms with Gasteiger partial charge in [-0.2, -0.15) is 0 Å². The van der Waals surface area contributed by atoms with Crippen molar-refractivity contribution >= 4 is 23.0 Å². The number of benzene rings is 1. The van der Waals surface area contributed by atoms with E-state index in [2.05, 4.69) is 16.9 Å². The summed E-state index contributed by atoms with van der Waals surface area (Å²) >= 11 is 0. The predicted octanol–water partition coefficient (Wildman–Crippen LogP) is 3.29. The molecule has 1 saturated carbocycles. The maximum absolute atomic E-state index is 12.3. The third-order valence-corrected chi connectivity index (χ3v) is 3.84. The second kappa shape index (κ2) is 6.69. The molecule has 0 spiro atoms. The van der Waals surface area contributed by atoms with E-state index in [9.17, 15) is 4.79 Å². The summed E-state index contributed by atoms with van der Waals surface area (Å²) in [7, 11) is 0. The number of rotatable bonds is 6. The zero-order valence-electron chi connectivity index (χ0n) is 12.9. The van der Waals surface area contributed by atoms with Crippen LogP contribution in [-0.2, 0) is 4.79 Å². The van der Waals surface area contributed by atoms with Crippen molar-refractivity contribution < 1.29 is 4.79 Å². The Kier molecular flexibility index (Phi) is 4.47. The molecule has 2 aromatic rings. The molecule has 0 N–H and O–H groups in total. The molecule has 114 valence electrons. The van der Waals surface area contributed by atoms with Crippen molar-refractivity contribution in [3.8, 4) is 0 Å². The average Bonchev–Trinajstić information content (AvgIpc) is 3.36. The van der Waals surface area contributed by atoms with Gasteiger partial charge < -0.3 is 4.90 Å². The van der Waals surface area contributed by atoms with Crippen molar-refractivity contribution in [1.82, 2.24) is 14.9 Å². The Balaban J connectivity index is 1.71. The monoisotopic (exact) mass is 295 g/mol. The van der Waals surface area contributed by atoms with E-state index in [1.807, 2.05) is 29.2 Å². The third kappa shape index (κ3) is 3.70. The number of hydrogen-bond acceptors (Lipinski definition) is 3. The van der Waals surface area contributed by atoms with Crippen LogP contribution in [0.15, 0.2) is 36.5 Å². The second-order valence-electron chi connectivity index (χ2n) is 5.84. The molecule has 1 aliphatic rings. The molecular formula is C18H21N3O. The molecule has 4 heteroatoms. The van der Waals surface area contributed by atoms with Gasteiger partial charge in [0.05, 0.1) is 22.9 Å². The predicted molar refractivity (Wildman–Crippen MR) is 88.2 cm³/mol. The summed E-state index contributed by atoms with van der Waals surface area (Å²) in [6.45, 7) is 3.81. The Morgan fingerprint density at radius 2 is 2.09 bits per heavy atom. The standard InChI is InChI=1S/C18H21N3O/c1-2-11-21(13-14-7-8-14)18(22)10-9-15-12-19-16-5-3-4-6-17(16)20-15/h3-6,9-10,12,14H,2,7-8,11,13H2,1H3/b10-9+. The first-order chi connectivity index (χ1) is 10.8. The first kappa shape index (κ1) is 14.7. The normalized spacial score (nSPS) is 14.6. The van der Waals surface area contributed by atoms with E-state index in [0.29, 0.717) is 5.92 Å². The molecule has 3 rings (SSSR count). The van der Waals surface area contributed by atoms with E-state index in [0.717, 1.165) is 36.2 Å². The Hall–Kier alpha value is -2.23. The summed E-state index contributed by atoms with van der Waals surface area (Å²) in [5.41, 5.74) is 2.43. The molecule has 1 aliphatic carbocycles. The van der Waals surface area contributed by atoms with Gasteiger partial charge in [0.15, 0.2) is 0 Å². The minimum absolute atomic E-state index is 0.0729. The number of carbonyl (C=O) groups excluding carboxylic acids is 1.